The van der Waals surface area contributed by atoms with Crippen molar-refractivity contribution in [1.29, 1.82) is 0 Å². The van der Waals surface area contributed by atoms with Crippen molar-refractivity contribution in [2.45, 2.75) is 53.6 Å². The molecule has 1 N–H and O–H groups in total. The molecule has 0 heterocycles. The van der Waals surface area contributed by atoms with E-state index in [1.165, 1.54) is 11.1 Å². The monoisotopic (exact) mass is 277 g/mol. The highest BCUT2D eigenvalue weighted by atomic mass is 16.5. The van der Waals surface area contributed by atoms with Gasteiger partial charge in [-0.3, -0.25) is 4.79 Å². The average Bonchev–Trinajstić information content (AvgIpc) is 2.35. The van der Waals surface area contributed by atoms with Crippen LogP contribution in [0.3, 0.4) is 0 Å². The molecule has 0 radical (unpaired) electrons. The Labute approximate surface area is 122 Å². The minimum Gasteiger partial charge on any atom is -0.466 e. The summed E-state index contributed by atoms with van der Waals surface area (Å²) < 4.78 is 5.06. The summed E-state index contributed by atoms with van der Waals surface area (Å²) in [6.07, 6.45) is 0.406. The third-order valence-corrected chi connectivity index (χ3v) is 3.39. The van der Waals surface area contributed by atoms with Crippen LogP contribution in [0.5, 0.6) is 0 Å². The first-order chi connectivity index (χ1) is 9.32. The lowest BCUT2D eigenvalue weighted by molar-refractivity contribution is -0.144. The molecule has 3 nitrogen and oxygen atoms in total. The summed E-state index contributed by atoms with van der Waals surface area (Å²) in [6.45, 7) is 11.5. The number of hydrogen-bond donors (Lipinski definition) is 1. The molecule has 1 rings (SSSR count). The zero-order valence-electron chi connectivity index (χ0n) is 13.3. The maximum absolute atomic E-state index is 11.7. The highest BCUT2D eigenvalue weighted by Gasteiger charge is 2.27. The second kappa shape index (κ2) is 7.44. The SMILES string of the molecule is CCOC(=O)CC(NCc1ccc(C)cc1)C(C)(C)C. The molecule has 0 aliphatic carbocycles. The quantitative estimate of drug-likeness (QED) is 0.809. The molecule has 1 aromatic rings. The van der Waals surface area contributed by atoms with Gasteiger partial charge in [0.25, 0.3) is 0 Å². The van der Waals surface area contributed by atoms with Crippen LogP contribution < -0.4 is 5.32 Å². The van der Waals surface area contributed by atoms with E-state index in [-0.39, 0.29) is 17.4 Å². The van der Waals surface area contributed by atoms with Crippen LogP contribution in [0.1, 0.15) is 45.2 Å². The predicted octanol–water partition coefficient (Wildman–Crippen LogP) is 3.45. The van der Waals surface area contributed by atoms with Crippen molar-refractivity contribution < 1.29 is 9.53 Å². The molecule has 0 saturated heterocycles. The van der Waals surface area contributed by atoms with E-state index in [0.717, 1.165) is 6.54 Å². The van der Waals surface area contributed by atoms with E-state index in [9.17, 15) is 4.79 Å². The summed E-state index contributed by atoms with van der Waals surface area (Å²) >= 11 is 0. The smallest absolute Gasteiger partial charge is 0.307 e. The first-order valence-electron chi connectivity index (χ1n) is 7.27. The first-order valence-corrected chi connectivity index (χ1v) is 7.27. The molecule has 1 unspecified atom stereocenters. The number of nitrogens with one attached hydrogen (secondary N) is 1. The molecule has 0 saturated carbocycles. The zero-order chi connectivity index (χ0) is 15.2. The number of benzene rings is 1. The van der Waals surface area contributed by atoms with Crippen molar-refractivity contribution in [3.8, 4) is 0 Å². The maximum Gasteiger partial charge on any atom is 0.307 e. The largest absolute Gasteiger partial charge is 0.466 e. The molecule has 0 aliphatic rings. The van der Waals surface area contributed by atoms with Crippen LogP contribution in [0.25, 0.3) is 0 Å². The van der Waals surface area contributed by atoms with Crippen LogP contribution in [0.15, 0.2) is 24.3 Å². The van der Waals surface area contributed by atoms with Gasteiger partial charge in [-0.25, -0.2) is 0 Å². The fourth-order valence-electron chi connectivity index (χ4n) is 2.02. The van der Waals surface area contributed by atoms with E-state index in [1.54, 1.807) is 0 Å². The van der Waals surface area contributed by atoms with Crippen molar-refractivity contribution in [2.75, 3.05) is 6.61 Å². The Kier molecular flexibility index (Phi) is 6.21. The molecular formula is C17H27NO2. The lowest BCUT2D eigenvalue weighted by Gasteiger charge is -2.31. The van der Waals surface area contributed by atoms with Crippen LogP contribution in [0, 0.1) is 12.3 Å². The van der Waals surface area contributed by atoms with Gasteiger partial charge in [0.1, 0.15) is 0 Å². The summed E-state index contributed by atoms with van der Waals surface area (Å²) in [5, 5.41) is 3.48. The predicted molar refractivity (Wildman–Crippen MR) is 82.5 cm³/mol. The minimum absolute atomic E-state index is 0.0114. The Bertz CT molecular complexity index is 418. The Morgan fingerprint density at radius 3 is 2.35 bits per heavy atom. The van der Waals surface area contributed by atoms with Crippen LogP contribution >= 0.6 is 0 Å². The molecular weight excluding hydrogens is 250 g/mol. The first kappa shape index (κ1) is 16.7. The summed E-state index contributed by atoms with van der Waals surface area (Å²) in [5.74, 6) is -0.135. The van der Waals surface area contributed by atoms with Gasteiger partial charge >= 0.3 is 5.97 Å². The number of aryl methyl sites for hydroxylation is 1. The Hall–Kier alpha value is -1.35. The molecule has 0 aromatic heterocycles. The topological polar surface area (TPSA) is 38.3 Å². The number of ether oxygens (including phenoxy) is 1. The van der Waals surface area contributed by atoms with Gasteiger partial charge < -0.3 is 10.1 Å². The van der Waals surface area contributed by atoms with Crippen LogP contribution in [0.4, 0.5) is 0 Å². The molecule has 0 fully saturated rings. The summed E-state index contributed by atoms with van der Waals surface area (Å²) in [7, 11) is 0. The van der Waals surface area contributed by atoms with Gasteiger partial charge in [-0.1, -0.05) is 50.6 Å². The fraction of sp³-hybridized carbons (Fsp3) is 0.588. The number of hydrogen-bond acceptors (Lipinski definition) is 3. The second-order valence-electron chi connectivity index (χ2n) is 6.29. The normalized spacial score (nSPS) is 13.1. The lowest BCUT2D eigenvalue weighted by atomic mass is 9.84. The summed E-state index contributed by atoms with van der Waals surface area (Å²) in [6, 6.07) is 8.55. The van der Waals surface area contributed by atoms with E-state index in [1.807, 2.05) is 6.92 Å². The molecule has 0 amide bonds. The molecule has 0 bridgehead atoms. The van der Waals surface area contributed by atoms with Crippen LogP contribution in [-0.4, -0.2) is 18.6 Å². The molecule has 3 heteroatoms. The standard InChI is InChI=1S/C17H27NO2/c1-6-20-16(19)11-15(17(3,4)5)18-12-14-9-7-13(2)8-10-14/h7-10,15,18H,6,11-12H2,1-5H3. The van der Waals surface area contributed by atoms with Gasteiger partial charge in [0.05, 0.1) is 13.0 Å². The van der Waals surface area contributed by atoms with E-state index in [4.69, 9.17) is 4.74 Å². The number of carbonyl (C=O) groups excluding carboxylic acids is 1. The van der Waals surface area contributed by atoms with Crippen LogP contribution in [-0.2, 0) is 16.1 Å². The number of esters is 1. The number of rotatable bonds is 6. The van der Waals surface area contributed by atoms with Crippen molar-refractivity contribution in [3.63, 3.8) is 0 Å². The molecule has 0 spiro atoms. The van der Waals surface area contributed by atoms with Gasteiger partial charge in [-0.05, 0) is 24.8 Å². The van der Waals surface area contributed by atoms with Crippen molar-refractivity contribution in [3.05, 3.63) is 35.4 Å². The second-order valence-corrected chi connectivity index (χ2v) is 6.29. The molecule has 0 aliphatic heterocycles. The molecule has 112 valence electrons. The van der Waals surface area contributed by atoms with Crippen molar-refractivity contribution >= 4 is 5.97 Å². The van der Waals surface area contributed by atoms with Crippen molar-refractivity contribution in [1.82, 2.24) is 5.32 Å². The molecule has 1 aromatic carbocycles. The van der Waals surface area contributed by atoms with E-state index >= 15 is 0 Å². The summed E-state index contributed by atoms with van der Waals surface area (Å²) in [4.78, 5) is 11.7. The minimum atomic E-state index is -0.135. The van der Waals surface area contributed by atoms with E-state index in [0.29, 0.717) is 13.0 Å². The van der Waals surface area contributed by atoms with Gasteiger partial charge in [0.2, 0.25) is 0 Å². The average molecular weight is 277 g/mol. The van der Waals surface area contributed by atoms with E-state index in [2.05, 4.69) is 57.3 Å². The molecule has 1 atom stereocenters. The van der Waals surface area contributed by atoms with Crippen molar-refractivity contribution in [2.24, 2.45) is 5.41 Å². The van der Waals surface area contributed by atoms with E-state index < -0.39 is 0 Å². The number of carbonyl (C=O) groups is 1. The van der Waals surface area contributed by atoms with Gasteiger partial charge in [-0.15, -0.1) is 0 Å². The molecule has 20 heavy (non-hydrogen) atoms. The highest BCUT2D eigenvalue weighted by Crippen LogP contribution is 2.22. The lowest BCUT2D eigenvalue weighted by Crippen LogP contribution is -2.41. The van der Waals surface area contributed by atoms with Crippen LogP contribution in [0.2, 0.25) is 0 Å². The fourth-order valence-corrected chi connectivity index (χ4v) is 2.02. The Balaban J connectivity index is 2.61. The van der Waals surface area contributed by atoms with Gasteiger partial charge in [-0.2, -0.15) is 0 Å². The maximum atomic E-state index is 11.7. The Morgan fingerprint density at radius 1 is 1.25 bits per heavy atom. The third kappa shape index (κ3) is 5.74. The summed E-state index contributed by atoms with van der Waals surface area (Å²) in [5.41, 5.74) is 2.50. The van der Waals surface area contributed by atoms with Gasteiger partial charge in [0.15, 0.2) is 0 Å². The van der Waals surface area contributed by atoms with Gasteiger partial charge in [0, 0.05) is 12.6 Å². The third-order valence-electron chi connectivity index (χ3n) is 3.39. The Morgan fingerprint density at radius 2 is 1.85 bits per heavy atom. The highest BCUT2D eigenvalue weighted by molar-refractivity contribution is 5.70. The zero-order valence-corrected chi connectivity index (χ0v) is 13.3.